The molecule has 0 saturated carbocycles. The maximum Gasteiger partial charge on any atom is 0.0997 e. The van der Waals surface area contributed by atoms with Crippen molar-refractivity contribution in [1.82, 2.24) is 20.3 Å². The van der Waals surface area contributed by atoms with Crippen LogP contribution in [-0.4, -0.2) is 26.1 Å². The van der Waals surface area contributed by atoms with Crippen molar-refractivity contribution < 1.29 is 5.11 Å². The average Bonchev–Trinajstić information content (AvgIpc) is 2.85. The van der Waals surface area contributed by atoms with Crippen LogP contribution in [0.4, 0.5) is 0 Å². The van der Waals surface area contributed by atoms with Gasteiger partial charge in [-0.3, -0.25) is 4.68 Å². The number of aryl methyl sites for hydroxylation is 2. The van der Waals surface area contributed by atoms with Crippen molar-refractivity contribution in [3.05, 3.63) is 47.3 Å². The first-order chi connectivity index (χ1) is 9.96. The molecule has 1 fully saturated rings. The Morgan fingerprint density at radius 3 is 2.62 bits per heavy atom. The maximum absolute atomic E-state index is 11.1. The summed E-state index contributed by atoms with van der Waals surface area (Å²) in [5, 5.41) is 22.8. The quantitative estimate of drug-likeness (QED) is 0.884. The number of nitrogens with zero attached hydrogens (tertiary/aromatic N) is 3. The average molecular weight is 286 g/mol. The first kappa shape index (κ1) is 14.2. The Labute approximate surface area is 125 Å². The molecule has 2 heterocycles. The molecule has 5 heteroatoms. The van der Waals surface area contributed by atoms with Gasteiger partial charge < -0.3 is 10.4 Å². The highest BCUT2D eigenvalue weighted by Gasteiger charge is 2.40. The number of aromatic nitrogens is 3. The minimum Gasteiger partial charge on any atom is -0.385 e. The second-order valence-electron chi connectivity index (χ2n) is 6.24. The van der Waals surface area contributed by atoms with E-state index in [0.29, 0.717) is 12.8 Å². The van der Waals surface area contributed by atoms with E-state index < -0.39 is 5.60 Å². The molecule has 5 nitrogen and oxygen atoms in total. The summed E-state index contributed by atoms with van der Waals surface area (Å²) in [7, 11) is 1.86. The minimum absolute atomic E-state index is 0.0220. The molecule has 1 aromatic heterocycles. The number of hydrogen-bond donors (Lipinski definition) is 2. The van der Waals surface area contributed by atoms with Crippen LogP contribution >= 0.6 is 0 Å². The Morgan fingerprint density at radius 1 is 1.29 bits per heavy atom. The van der Waals surface area contributed by atoms with Gasteiger partial charge in [0.15, 0.2) is 0 Å². The summed E-state index contributed by atoms with van der Waals surface area (Å²) >= 11 is 0. The van der Waals surface area contributed by atoms with E-state index >= 15 is 0 Å². The summed E-state index contributed by atoms with van der Waals surface area (Å²) in [6, 6.07) is 8.41. The molecular formula is C16H22N4O. The normalized spacial score (nSPS) is 29.5. The maximum atomic E-state index is 11.1. The van der Waals surface area contributed by atoms with Gasteiger partial charge in [-0.15, -0.1) is 5.10 Å². The third-order valence-electron chi connectivity index (χ3n) is 4.24. The van der Waals surface area contributed by atoms with E-state index in [-0.39, 0.29) is 12.1 Å². The lowest BCUT2D eigenvalue weighted by Gasteiger charge is -2.40. The van der Waals surface area contributed by atoms with E-state index in [0.717, 1.165) is 11.3 Å². The second-order valence-corrected chi connectivity index (χ2v) is 6.24. The Kier molecular flexibility index (Phi) is 3.55. The largest absolute Gasteiger partial charge is 0.385 e. The molecule has 2 aromatic rings. The summed E-state index contributed by atoms with van der Waals surface area (Å²) in [5.41, 5.74) is 2.25. The fourth-order valence-corrected chi connectivity index (χ4v) is 3.20. The molecule has 0 unspecified atom stereocenters. The smallest absolute Gasteiger partial charge is 0.0997 e. The summed E-state index contributed by atoms with van der Waals surface area (Å²) in [5.74, 6) is 0. The zero-order chi connectivity index (χ0) is 15.0. The molecule has 112 valence electrons. The van der Waals surface area contributed by atoms with Crippen LogP contribution in [0.1, 0.15) is 42.6 Å². The van der Waals surface area contributed by atoms with Gasteiger partial charge in [0.25, 0.3) is 0 Å². The fraction of sp³-hybridized carbons (Fsp3) is 0.500. The zero-order valence-corrected chi connectivity index (χ0v) is 12.7. The molecule has 1 aliphatic heterocycles. The highest BCUT2D eigenvalue weighted by atomic mass is 16.3. The molecule has 0 amide bonds. The molecule has 3 rings (SSSR count). The minimum atomic E-state index is -0.819. The van der Waals surface area contributed by atoms with E-state index in [2.05, 4.69) is 41.6 Å². The van der Waals surface area contributed by atoms with Crippen molar-refractivity contribution in [2.45, 2.75) is 44.4 Å². The first-order valence-electron chi connectivity index (χ1n) is 7.38. The van der Waals surface area contributed by atoms with Crippen LogP contribution in [0.15, 0.2) is 30.5 Å². The van der Waals surface area contributed by atoms with Gasteiger partial charge in [-0.05, 0) is 25.8 Å². The zero-order valence-electron chi connectivity index (χ0n) is 12.7. The van der Waals surface area contributed by atoms with Gasteiger partial charge in [-0.2, -0.15) is 0 Å². The van der Waals surface area contributed by atoms with Gasteiger partial charge in [0, 0.05) is 25.7 Å². The van der Waals surface area contributed by atoms with Crippen LogP contribution in [0.3, 0.4) is 0 Å². The highest BCUT2D eigenvalue weighted by Crippen LogP contribution is 2.39. The van der Waals surface area contributed by atoms with Crippen molar-refractivity contribution in [2.24, 2.45) is 7.05 Å². The van der Waals surface area contributed by atoms with Gasteiger partial charge in [-0.1, -0.05) is 35.0 Å². The standard InChI is InChI=1S/C16H22N4O/c1-11-4-6-13(7-5-11)16(21)8-12(2)17-14(9-16)15-10-20(3)19-18-15/h4-7,10,12,14,17,21H,8-9H2,1-3H3/t12-,14-,16+/m0/s1. The second kappa shape index (κ2) is 5.24. The third-order valence-corrected chi connectivity index (χ3v) is 4.24. The SMILES string of the molecule is Cc1ccc([C@]2(O)C[C@@H](c3cn(C)nn3)N[C@@H](C)C2)cc1. The molecule has 0 aliphatic carbocycles. The highest BCUT2D eigenvalue weighted by molar-refractivity contribution is 5.28. The van der Waals surface area contributed by atoms with Crippen LogP contribution in [0.5, 0.6) is 0 Å². The van der Waals surface area contributed by atoms with E-state index in [4.69, 9.17) is 0 Å². The van der Waals surface area contributed by atoms with Crippen LogP contribution in [0.25, 0.3) is 0 Å². The van der Waals surface area contributed by atoms with E-state index in [1.165, 1.54) is 5.56 Å². The van der Waals surface area contributed by atoms with Crippen molar-refractivity contribution in [1.29, 1.82) is 0 Å². The molecule has 0 spiro atoms. The lowest BCUT2D eigenvalue weighted by Crippen LogP contribution is -2.47. The Hall–Kier alpha value is -1.72. The summed E-state index contributed by atoms with van der Waals surface area (Å²) in [6.45, 7) is 4.16. The van der Waals surface area contributed by atoms with Crippen LogP contribution < -0.4 is 5.32 Å². The predicted molar refractivity (Wildman–Crippen MR) is 80.7 cm³/mol. The molecule has 21 heavy (non-hydrogen) atoms. The molecule has 1 aromatic carbocycles. The van der Waals surface area contributed by atoms with Crippen molar-refractivity contribution >= 4 is 0 Å². The van der Waals surface area contributed by atoms with Crippen LogP contribution in [-0.2, 0) is 12.6 Å². The molecule has 2 N–H and O–H groups in total. The topological polar surface area (TPSA) is 63.0 Å². The number of nitrogens with one attached hydrogen (secondary N) is 1. The Bertz CT molecular complexity index is 621. The van der Waals surface area contributed by atoms with Gasteiger partial charge in [0.2, 0.25) is 0 Å². The van der Waals surface area contributed by atoms with Crippen molar-refractivity contribution in [3.8, 4) is 0 Å². The number of benzene rings is 1. The molecule has 1 saturated heterocycles. The molecule has 3 atom stereocenters. The number of aliphatic hydroxyl groups is 1. The number of hydrogen-bond acceptors (Lipinski definition) is 4. The van der Waals surface area contributed by atoms with Gasteiger partial charge in [-0.25, -0.2) is 0 Å². The third kappa shape index (κ3) is 2.84. The van der Waals surface area contributed by atoms with Crippen LogP contribution in [0.2, 0.25) is 0 Å². The van der Waals surface area contributed by atoms with E-state index in [1.807, 2.05) is 25.4 Å². The molecule has 1 aliphatic rings. The first-order valence-corrected chi connectivity index (χ1v) is 7.38. The monoisotopic (exact) mass is 286 g/mol. The Balaban J connectivity index is 1.89. The summed E-state index contributed by atoms with van der Waals surface area (Å²) in [4.78, 5) is 0. The van der Waals surface area contributed by atoms with Crippen molar-refractivity contribution in [3.63, 3.8) is 0 Å². The van der Waals surface area contributed by atoms with Crippen molar-refractivity contribution in [2.75, 3.05) is 0 Å². The Morgan fingerprint density at radius 2 is 2.00 bits per heavy atom. The fourth-order valence-electron chi connectivity index (χ4n) is 3.20. The van der Waals surface area contributed by atoms with Gasteiger partial charge in [0.1, 0.15) is 0 Å². The summed E-state index contributed by atoms with van der Waals surface area (Å²) in [6.07, 6.45) is 3.22. The summed E-state index contributed by atoms with van der Waals surface area (Å²) < 4.78 is 1.70. The lowest BCUT2D eigenvalue weighted by atomic mass is 9.78. The van der Waals surface area contributed by atoms with Gasteiger partial charge in [0.05, 0.1) is 17.3 Å². The number of piperidine rings is 1. The van der Waals surface area contributed by atoms with Crippen LogP contribution in [0, 0.1) is 6.92 Å². The molecule has 0 radical (unpaired) electrons. The molecular weight excluding hydrogens is 264 g/mol. The molecule has 0 bridgehead atoms. The van der Waals surface area contributed by atoms with E-state index in [9.17, 15) is 5.11 Å². The lowest BCUT2D eigenvalue weighted by molar-refractivity contribution is -0.0235. The van der Waals surface area contributed by atoms with Gasteiger partial charge >= 0.3 is 0 Å². The number of rotatable bonds is 2. The predicted octanol–water partition coefficient (Wildman–Crippen LogP) is 1.82. The van der Waals surface area contributed by atoms with E-state index in [1.54, 1.807) is 4.68 Å².